The number of hydrogen-bond acceptors (Lipinski definition) is 6. The van der Waals surface area contributed by atoms with Crippen molar-refractivity contribution in [2.24, 2.45) is 0 Å². The maximum Gasteiger partial charge on any atom is 0.331 e. The van der Waals surface area contributed by atoms with Crippen molar-refractivity contribution in [3.63, 3.8) is 0 Å². The van der Waals surface area contributed by atoms with Gasteiger partial charge in [-0.1, -0.05) is 36.3 Å². The van der Waals surface area contributed by atoms with Gasteiger partial charge >= 0.3 is 5.97 Å². The van der Waals surface area contributed by atoms with Crippen molar-refractivity contribution < 1.29 is 18.8 Å². The van der Waals surface area contributed by atoms with Gasteiger partial charge in [-0.15, -0.1) is 0 Å². The van der Waals surface area contributed by atoms with Gasteiger partial charge in [0.15, 0.2) is 11.9 Å². The highest BCUT2D eigenvalue weighted by atomic mass is 16.5. The number of para-hydroxylation sites is 1. The van der Waals surface area contributed by atoms with Crippen LogP contribution in [0, 0.1) is 6.92 Å². The van der Waals surface area contributed by atoms with Gasteiger partial charge in [-0.25, -0.2) is 9.78 Å². The third-order valence-electron chi connectivity index (χ3n) is 3.81. The number of aromatic nitrogens is 2. The number of carbonyl (C=O) groups is 2. The van der Waals surface area contributed by atoms with E-state index in [9.17, 15) is 9.59 Å². The van der Waals surface area contributed by atoms with Gasteiger partial charge in [0.25, 0.3) is 5.91 Å². The second-order valence-corrected chi connectivity index (χ2v) is 5.91. The SMILES string of the molecule is CCC(OC(=O)/C=C/c1ccc2ccccc2n1)C(=O)Nc1cc(C)on1. The van der Waals surface area contributed by atoms with Crippen molar-refractivity contribution in [1.29, 1.82) is 0 Å². The van der Waals surface area contributed by atoms with Gasteiger partial charge in [0, 0.05) is 17.5 Å². The molecule has 1 atom stereocenters. The second kappa shape index (κ2) is 8.27. The number of pyridine rings is 1. The van der Waals surface area contributed by atoms with E-state index in [1.165, 1.54) is 6.08 Å². The highest BCUT2D eigenvalue weighted by Crippen LogP contribution is 2.13. The molecule has 0 saturated carbocycles. The molecule has 7 nitrogen and oxygen atoms in total. The van der Waals surface area contributed by atoms with Crippen LogP contribution in [-0.4, -0.2) is 28.1 Å². The van der Waals surface area contributed by atoms with Gasteiger partial charge in [-0.05, 0) is 31.6 Å². The molecule has 1 aromatic carbocycles. The number of benzene rings is 1. The van der Waals surface area contributed by atoms with E-state index in [-0.39, 0.29) is 5.82 Å². The molecule has 2 aromatic heterocycles. The van der Waals surface area contributed by atoms with E-state index in [1.54, 1.807) is 26.0 Å². The number of esters is 1. The quantitative estimate of drug-likeness (QED) is 0.531. The molecule has 1 N–H and O–H groups in total. The van der Waals surface area contributed by atoms with E-state index in [1.807, 2.05) is 36.4 Å². The molecule has 0 aliphatic heterocycles. The van der Waals surface area contributed by atoms with Crippen molar-refractivity contribution in [2.45, 2.75) is 26.4 Å². The lowest BCUT2D eigenvalue weighted by molar-refractivity contribution is -0.149. The Morgan fingerprint density at radius 1 is 1.26 bits per heavy atom. The van der Waals surface area contributed by atoms with Crippen LogP contribution in [0.1, 0.15) is 24.8 Å². The highest BCUT2D eigenvalue weighted by molar-refractivity contribution is 5.96. The van der Waals surface area contributed by atoms with Crippen LogP contribution in [-0.2, 0) is 14.3 Å². The predicted octanol–water partition coefficient (Wildman–Crippen LogP) is 3.50. The molecule has 7 heteroatoms. The van der Waals surface area contributed by atoms with E-state index in [4.69, 9.17) is 9.26 Å². The van der Waals surface area contributed by atoms with Gasteiger partial charge in [-0.3, -0.25) is 4.79 Å². The summed E-state index contributed by atoms with van der Waals surface area (Å²) in [5.74, 6) is -0.233. The minimum absolute atomic E-state index is 0.280. The number of nitrogens with zero attached hydrogens (tertiary/aromatic N) is 2. The average Bonchev–Trinajstić information content (AvgIpc) is 3.08. The van der Waals surface area contributed by atoms with Gasteiger partial charge in [0.1, 0.15) is 5.76 Å². The van der Waals surface area contributed by atoms with Crippen molar-refractivity contribution in [3.8, 4) is 0 Å². The molecule has 3 aromatic rings. The van der Waals surface area contributed by atoms with E-state index in [0.29, 0.717) is 17.9 Å². The number of hydrogen-bond donors (Lipinski definition) is 1. The largest absolute Gasteiger partial charge is 0.449 e. The molecule has 0 spiro atoms. The molecule has 2 heterocycles. The Bertz CT molecular complexity index is 994. The molecule has 27 heavy (non-hydrogen) atoms. The highest BCUT2D eigenvalue weighted by Gasteiger charge is 2.21. The topological polar surface area (TPSA) is 94.3 Å². The van der Waals surface area contributed by atoms with Gasteiger partial charge in [0.05, 0.1) is 11.2 Å². The molecule has 1 amide bonds. The van der Waals surface area contributed by atoms with E-state index in [0.717, 1.165) is 10.9 Å². The molecule has 0 bridgehead atoms. The lowest BCUT2D eigenvalue weighted by Gasteiger charge is -2.13. The first-order valence-electron chi connectivity index (χ1n) is 8.54. The molecule has 0 aliphatic carbocycles. The van der Waals surface area contributed by atoms with E-state index in [2.05, 4.69) is 15.5 Å². The lowest BCUT2D eigenvalue weighted by atomic mass is 10.2. The third-order valence-corrected chi connectivity index (χ3v) is 3.81. The van der Waals surface area contributed by atoms with Gasteiger partial charge in [0.2, 0.25) is 0 Å². The summed E-state index contributed by atoms with van der Waals surface area (Å²) < 4.78 is 10.1. The fraction of sp³-hybridized carbons (Fsp3) is 0.200. The molecule has 138 valence electrons. The van der Waals surface area contributed by atoms with Crippen LogP contribution in [0.4, 0.5) is 5.82 Å². The van der Waals surface area contributed by atoms with Crippen LogP contribution in [0.5, 0.6) is 0 Å². The van der Waals surface area contributed by atoms with Crippen molar-refractivity contribution >= 4 is 34.7 Å². The summed E-state index contributed by atoms with van der Waals surface area (Å²) in [6.07, 6.45) is 2.22. The smallest absolute Gasteiger partial charge is 0.331 e. The molecule has 0 aliphatic rings. The Morgan fingerprint density at radius 2 is 2.07 bits per heavy atom. The third kappa shape index (κ3) is 4.78. The number of amides is 1. The summed E-state index contributed by atoms with van der Waals surface area (Å²) in [6.45, 7) is 3.46. The normalized spacial score (nSPS) is 12.2. The first kappa shape index (κ1) is 18.3. The fourth-order valence-corrected chi connectivity index (χ4v) is 2.46. The summed E-state index contributed by atoms with van der Waals surface area (Å²) >= 11 is 0. The van der Waals surface area contributed by atoms with Crippen LogP contribution >= 0.6 is 0 Å². The van der Waals surface area contributed by atoms with Crippen molar-refractivity contribution in [2.75, 3.05) is 5.32 Å². The number of carbonyl (C=O) groups excluding carboxylic acids is 2. The maximum absolute atomic E-state index is 12.2. The summed E-state index contributed by atoms with van der Waals surface area (Å²) in [6, 6.07) is 13.0. The van der Waals surface area contributed by atoms with Crippen LogP contribution in [0.3, 0.4) is 0 Å². The first-order valence-corrected chi connectivity index (χ1v) is 8.54. The van der Waals surface area contributed by atoms with Crippen LogP contribution in [0.2, 0.25) is 0 Å². The molecule has 1 unspecified atom stereocenters. The average molecular weight is 365 g/mol. The minimum Gasteiger partial charge on any atom is -0.449 e. The Hall–Kier alpha value is -3.48. The Labute approximate surface area is 156 Å². The summed E-state index contributed by atoms with van der Waals surface area (Å²) in [5.41, 5.74) is 1.46. The van der Waals surface area contributed by atoms with Gasteiger partial charge in [-0.2, -0.15) is 0 Å². The zero-order valence-electron chi connectivity index (χ0n) is 15.0. The molecule has 0 saturated heterocycles. The molecular formula is C20H19N3O4. The first-order chi connectivity index (χ1) is 13.0. The molecule has 0 fully saturated rings. The minimum atomic E-state index is -0.927. The summed E-state index contributed by atoms with van der Waals surface area (Å²) in [7, 11) is 0. The number of ether oxygens (including phenoxy) is 1. The standard InChI is InChI=1S/C20H19N3O4/c1-3-17(20(25)22-18-12-13(2)27-23-18)26-19(24)11-10-15-9-8-14-6-4-5-7-16(14)21-15/h4-12,17H,3H2,1-2H3,(H,22,23,25)/b11-10+. The number of rotatable bonds is 6. The van der Waals surface area contributed by atoms with Crippen LogP contribution in [0.15, 0.2) is 53.1 Å². The molecule has 3 rings (SSSR count). The van der Waals surface area contributed by atoms with Crippen molar-refractivity contribution in [3.05, 3.63) is 60.0 Å². The maximum atomic E-state index is 12.2. The van der Waals surface area contributed by atoms with E-state index < -0.39 is 18.0 Å². The number of fused-ring (bicyclic) bond motifs is 1. The lowest BCUT2D eigenvalue weighted by Crippen LogP contribution is -2.31. The fourth-order valence-electron chi connectivity index (χ4n) is 2.46. The zero-order chi connectivity index (χ0) is 19.2. The molecular weight excluding hydrogens is 346 g/mol. The van der Waals surface area contributed by atoms with Crippen molar-refractivity contribution in [1.82, 2.24) is 10.1 Å². The second-order valence-electron chi connectivity index (χ2n) is 5.91. The number of nitrogens with one attached hydrogen (secondary N) is 1. The van der Waals surface area contributed by atoms with Gasteiger partial charge < -0.3 is 14.6 Å². The van der Waals surface area contributed by atoms with E-state index >= 15 is 0 Å². The Balaban J connectivity index is 1.61. The Kier molecular flexibility index (Phi) is 5.61. The number of anilines is 1. The monoisotopic (exact) mass is 365 g/mol. The number of aryl methyl sites for hydroxylation is 1. The summed E-state index contributed by atoms with van der Waals surface area (Å²) in [5, 5.41) is 7.26. The van der Waals surface area contributed by atoms with Crippen LogP contribution in [0.25, 0.3) is 17.0 Å². The van der Waals surface area contributed by atoms with Crippen LogP contribution < -0.4 is 5.32 Å². The predicted molar refractivity (Wildman–Crippen MR) is 101 cm³/mol. The zero-order valence-corrected chi connectivity index (χ0v) is 15.0. The Morgan fingerprint density at radius 3 is 2.81 bits per heavy atom. The summed E-state index contributed by atoms with van der Waals surface area (Å²) in [4.78, 5) is 28.7. The molecule has 0 radical (unpaired) electrons.